The van der Waals surface area contributed by atoms with Crippen LogP contribution in [0, 0.1) is 3.95 Å². The van der Waals surface area contributed by atoms with E-state index in [9.17, 15) is 0 Å². The van der Waals surface area contributed by atoms with Crippen LogP contribution >= 0.6 is 23.6 Å². The first kappa shape index (κ1) is 15.5. The van der Waals surface area contributed by atoms with Crippen LogP contribution in [0.15, 0.2) is 24.3 Å². The largest absolute Gasteiger partial charge is 0.495 e. The molecule has 1 aliphatic heterocycles. The van der Waals surface area contributed by atoms with Crippen molar-refractivity contribution >= 4 is 34.4 Å². The highest BCUT2D eigenvalue weighted by Crippen LogP contribution is 2.28. The molecule has 0 saturated carbocycles. The highest BCUT2D eigenvalue weighted by Gasteiger charge is 2.13. The van der Waals surface area contributed by atoms with E-state index in [4.69, 9.17) is 17.0 Å². The Kier molecular flexibility index (Phi) is 5.07. The first-order valence-corrected chi connectivity index (χ1v) is 8.69. The number of nitrogens with one attached hydrogen (secondary N) is 1. The lowest BCUT2D eigenvalue weighted by atomic mass is 10.1. The Labute approximate surface area is 139 Å². The van der Waals surface area contributed by atoms with Gasteiger partial charge in [0.1, 0.15) is 5.75 Å². The predicted molar refractivity (Wildman–Crippen MR) is 92.6 cm³/mol. The van der Waals surface area contributed by atoms with E-state index in [-0.39, 0.29) is 0 Å². The summed E-state index contributed by atoms with van der Waals surface area (Å²) in [4.78, 5) is 2.41. The second-order valence-electron chi connectivity index (χ2n) is 5.32. The lowest BCUT2D eigenvalue weighted by molar-refractivity contribution is 0.173. The molecule has 1 N–H and O–H groups in total. The Morgan fingerprint density at radius 3 is 2.82 bits per heavy atom. The van der Waals surface area contributed by atoms with Crippen LogP contribution in [0.1, 0.15) is 19.3 Å². The molecule has 0 amide bonds. The first-order chi connectivity index (χ1) is 10.8. The summed E-state index contributed by atoms with van der Waals surface area (Å²) in [7, 11) is 1.66. The number of para-hydroxylation sites is 2. The number of hydrogen-bond donors (Lipinski definition) is 1. The average Bonchev–Trinajstić information content (AvgIpc) is 2.88. The topological polar surface area (TPSA) is 42.3 Å². The molecule has 7 heteroatoms. The van der Waals surface area contributed by atoms with Gasteiger partial charge in [0.15, 0.2) is 3.95 Å². The first-order valence-electron chi connectivity index (χ1n) is 7.46. The van der Waals surface area contributed by atoms with Gasteiger partial charge in [0.25, 0.3) is 0 Å². The summed E-state index contributed by atoms with van der Waals surface area (Å²) < 4.78 is 8.05. The van der Waals surface area contributed by atoms with Crippen molar-refractivity contribution < 1.29 is 4.74 Å². The van der Waals surface area contributed by atoms with Gasteiger partial charge in [-0.2, -0.15) is 0 Å². The number of nitrogens with zero attached hydrogens (tertiary/aromatic N) is 3. The highest BCUT2D eigenvalue weighted by molar-refractivity contribution is 7.73. The molecule has 118 valence electrons. The van der Waals surface area contributed by atoms with E-state index in [1.54, 1.807) is 7.11 Å². The Morgan fingerprint density at radius 1 is 1.27 bits per heavy atom. The summed E-state index contributed by atoms with van der Waals surface area (Å²) in [6, 6.07) is 7.81. The molecule has 0 spiro atoms. The molecule has 5 nitrogen and oxygen atoms in total. The Morgan fingerprint density at radius 2 is 2.05 bits per heavy atom. The fraction of sp³-hybridized carbons (Fsp3) is 0.467. The molecule has 3 rings (SSSR count). The van der Waals surface area contributed by atoms with Crippen LogP contribution in [0.5, 0.6) is 5.75 Å². The summed E-state index contributed by atoms with van der Waals surface area (Å²) in [6.45, 7) is 3.05. The molecule has 1 saturated heterocycles. The Balaban J connectivity index is 1.73. The number of benzene rings is 1. The minimum Gasteiger partial charge on any atom is -0.495 e. The van der Waals surface area contributed by atoms with E-state index in [1.807, 2.05) is 28.9 Å². The number of rotatable bonds is 5. The number of methoxy groups -OCH3 is 1. The van der Waals surface area contributed by atoms with E-state index in [0.29, 0.717) is 0 Å². The van der Waals surface area contributed by atoms with Gasteiger partial charge in [-0.15, -0.1) is 5.10 Å². The SMILES string of the molecule is COc1ccccc1Nc1nn(CN2CCCCC2)c(=S)s1. The number of aromatic nitrogens is 2. The standard InChI is InChI=1S/C15H20N4OS2/c1-20-13-8-4-3-7-12(13)16-14-17-19(15(21)22-14)11-18-9-5-2-6-10-18/h3-4,7-8H,2,5-6,9-11H2,1H3,(H,16,17). The zero-order valence-corrected chi connectivity index (χ0v) is 14.3. The van der Waals surface area contributed by atoms with Gasteiger partial charge < -0.3 is 10.1 Å². The van der Waals surface area contributed by atoms with Crippen LogP contribution in [-0.4, -0.2) is 34.9 Å². The van der Waals surface area contributed by atoms with Crippen molar-refractivity contribution in [1.29, 1.82) is 0 Å². The maximum absolute atomic E-state index is 5.44. The van der Waals surface area contributed by atoms with Gasteiger partial charge in [-0.3, -0.25) is 4.90 Å². The van der Waals surface area contributed by atoms with E-state index in [2.05, 4.69) is 15.3 Å². The molecule has 0 radical (unpaired) electrons. The lowest BCUT2D eigenvalue weighted by Gasteiger charge is -2.25. The van der Waals surface area contributed by atoms with E-state index in [0.717, 1.165) is 40.3 Å². The normalized spacial score (nSPS) is 15.7. The van der Waals surface area contributed by atoms with Crippen LogP contribution < -0.4 is 10.1 Å². The van der Waals surface area contributed by atoms with Crippen LogP contribution in [0.4, 0.5) is 10.8 Å². The van der Waals surface area contributed by atoms with Crippen molar-refractivity contribution in [3.05, 3.63) is 28.2 Å². The summed E-state index contributed by atoms with van der Waals surface area (Å²) in [5, 5.41) is 8.69. The smallest absolute Gasteiger partial charge is 0.209 e. The van der Waals surface area contributed by atoms with Gasteiger partial charge in [0.2, 0.25) is 5.13 Å². The molecule has 2 heterocycles. The zero-order valence-electron chi connectivity index (χ0n) is 12.6. The average molecular weight is 336 g/mol. The second-order valence-corrected chi connectivity index (χ2v) is 6.94. The van der Waals surface area contributed by atoms with Gasteiger partial charge in [-0.1, -0.05) is 29.9 Å². The molecule has 2 aromatic rings. The number of ether oxygens (including phenoxy) is 1. The van der Waals surface area contributed by atoms with Gasteiger partial charge >= 0.3 is 0 Å². The van der Waals surface area contributed by atoms with Crippen LogP contribution in [0.25, 0.3) is 0 Å². The van der Waals surface area contributed by atoms with Crippen molar-refractivity contribution in [2.24, 2.45) is 0 Å². The van der Waals surface area contributed by atoms with Crippen molar-refractivity contribution in [1.82, 2.24) is 14.7 Å². The molecule has 1 aliphatic rings. The minimum absolute atomic E-state index is 0.781. The zero-order chi connectivity index (χ0) is 15.4. The van der Waals surface area contributed by atoms with Crippen LogP contribution in [0.2, 0.25) is 0 Å². The predicted octanol–water partition coefficient (Wildman–Crippen LogP) is 3.87. The summed E-state index contributed by atoms with van der Waals surface area (Å²) in [5.74, 6) is 0.797. The maximum atomic E-state index is 5.44. The molecule has 0 aliphatic carbocycles. The fourth-order valence-electron chi connectivity index (χ4n) is 2.60. The second kappa shape index (κ2) is 7.21. The van der Waals surface area contributed by atoms with Gasteiger partial charge in [-0.25, -0.2) is 4.68 Å². The van der Waals surface area contributed by atoms with Crippen molar-refractivity contribution in [3.63, 3.8) is 0 Å². The van der Waals surface area contributed by atoms with Gasteiger partial charge in [-0.05, 0) is 50.3 Å². The third kappa shape index (κ3) is 3.66. The van der Waals surface area contributed by atoms with E-state index >= 15 is 0 Å². The molecule has 1 aromatic heterocycles. The number of hydrogen-bond acceptors (Lipinski definition) is 6. The third-order valence-corrected chi connectivity index (χ3v) is 4.96. The summed E-state index contributed by atoms with van der Waals surface area (Å²) >= 11 is 6.93. The molecular formula is C15H20N4OS2. The van der Waals surface area contributed by atoms with Gasteiger partial charge in [0, 0.05) is 0 Å². The molecule has 1 fully saturated rings. The van der Waals surface area contributed by atoms with Crippen LogP contribution in [-0.2, 0) is 6.67 Å². The number of likely N-dealkylation sites (tertiary alicyclic amines) is 1. The fourth-order valence-corrected chi connectivity index (χ4v) is 3.60. The molecule has 0 unspecified atom stereocenters. The van der Waals surface area contributed by atoms with E-state index in [1.165, 1.54) is 30.6 Å². The third-order valence-electron chi connectivity index (χ3n) is 3.74. The molecular weight excluding hydrogens is 316 g/mol. The molecule has 1 aromatic carbocycles. The van der Waals surface area contributed by atoms with Gasteiger partial charge in [0.05, 0.1) is 19.5 Å². The number of anilines is 2. The Bertz CT molecular complexity index is 676. The van der Waals surface area contributed by atoms with Crippen molar-refractivity contribution in [2.75, 3.05) is 25.5 Å². The summed E-state index contributed by atoms with van der Waals surface area (Å²) in [5.41, 5.74) is 0.902. The number of piperidine rings is 1. The monoisotopic (exact) mass is 336 g/mol. The van der Waals surface area contributed by atoms with Crippen molar-refractivity contribution in [3.8, 4) is 5.75 Å². The van der Waals surface area contributed by atoms with Crippen molar-refractivity contribution in [2.45, 2.75) is 25.9 Å². The highest BCUT2D eigenvalue weighted by atomic mass is 32.1. The molecule has 0 atom stereocenters. The Hall–Kier alpha value is -1.44. The minimum atomic E-state index is 0.781. The van der Waals surface area contributed by atoms with E-state index < -0.39 is 0 Å². The molecule has 22 heavy (non-hydrogen) atoms. The lowest BCUT2D eigenvalue weighted by Crippen LogP contribution is -2.32. The maximum Gasteiger partial charge on any atom is 0.209 e. The quantitative estimate of drug-likeness (QED) is 0.840. The van der Waals surface area contributed by atoms with Crippen LogP contribution in [0.3, 0.4) is 0 Å². The molecule has 0 bridgehead atoms. The summed E-state index contributed by atoms with van der Waals surface area (Å²) in [6.07, 6.45) is 3.87.